The van der Waals surface area contributed by atoms with Gasteiger partial charge in [0.1, 0.15) is 0 Å². The second-order valence-corrected chi connectivity index (χ2v) is 4.24. The van der Waals surface area contributed by atoms with E-state index in [1.165, 1.54) is 5.56 Å². The molecule has 3 N–H and O–H groups in total. The van der Waals surface area contributed by atoms with Crippen molar-refractivity contribution >= 4 is 0 Å². The first-order valence-electron chi connectivity index (χ1n) is 6.25. The van der Waals surface area contributed by atoms with E-state index in [2.05, 4.69) is 30.6 Å². The largest absolute Gasteiger partial charge is 0.380 e. The van der Waals surface area contributed by atoms with Gasteiger partial charge in [-0.15, -0.1) is 0 Å². The molecule has 0 aromatic carbocycles. The van der Waals surface area contributed by atoms with Crippen LogP contribution in [0.2, 0.25) is 0 Å². The minimum Gasteiger partial charge on any atom is -0.380 e. The Morgan fingerprint density at radius 1 is 1.53 bits per heavy atom. The smallest absolute Gasteiger partial charge is 0.0740 e. The summed E-state index contributed by atoms with van der Waals surface area (Å²) in [5, 5.41) is 4.26. The van der Waals surface area contributed by atoms with Gasteiger partial charge in [-0.1, -0.05) is 13.3 Å². The van der Waals surface area contributed by atoms with E-state index in [4.69, 9.17) is 10.6 Å². The molecule has 0 saturated heterocycles. The number of aryl methyl sites for hydroxylation is 1. The molecule has 17 heavy (non-hydrogen) atoms. The van der Waals surface area contributed by atoms with Crippen molar-refractivity contribution < 1.29 is 4.74 Å². The molecule has 0 bridgehead atoms. The number of methoxy groups -OCH3 is 1. The maximum atomic E-state index is 5.61. The normalized spacial score (nSPS) is 14.8. The highest BCUT2D eigenvalue weighted by molar-refractivity contribution is 5.07. The SMILES string of the molecule is CCCC(OC)C(Cc1cnn(CC)c1)NN. The van der Waals surface area contributed by atoms with E-state index in [-0.39, 0.29) is 12.1 Å². The Balaban J connectivity index is 2.61. The predicted octanol–water partition coefficient (Wildman–Crippen LogP) is 1.09. The van der Waals surface area contributed by atoms with Crippen LogP contribution in [0, 0.1) is 0 Å². The van der Waals surface area contributed by atoms with Crippen LogP contribution < -0.4 is 11.3 Å². The predicted molar refractivity (Wildman–Crippen MR) is 68.4 cm³/mol. The van der Waals surface area contributed by atoms with Gasteiger partial charge in [-0.3, -0.25) is 16.0 Å². The van der Waals surface area contributed by atoms with Gasteiger partial charge in [0.15, 0.2) is 0 Å². The van der Waals surface area contributed by atoms with Gasteiger partial charge in [0.05, 0.1) is 18.3 Å². The maximum Gasteiger partial charge on any atom is 0.0740 e. The summed E-state index contributed by atoms with van der Waals surface area (Å²) in [5.74, 6) is 5.61. The number of aromatic nitrogens is 2. The van der Waals surface area contributed by atoms with Crippen molar-refractivity contribution in [1.29, 1.82) is 0 Å². The van der Waals surface area contributed by atoms with Crippen molar-refractivity contribution in [3.8, 4) is 0 Å². The summed E-state index contributed by atoms with van der Waals surface area (Å²) in [6.07, 6.45) is 7.04. The van der Waals surface area contributed by atoms with Crippen LogP contribution in [0.15, 0.2) is 12.4 Å². The van der Waals surface area contributed by atoms with E-state index in [9.17, 15) is 0 Å². The molecule has 5 nitrogen and oxygen atoms in total. The summed E-state index contributed by atoms with van der Waals surface area (Å²) in [4.78, 5) is 0. The third kappa shape index (κ3) is 4.11. The summed E-state index contributed by atoms with van der Waals surface area (Å²) in [6.45, 7) is 5.11. The highest BCUT2D eigenvalue weighted by Crippen LogP contribution is 2.11. The zero-order valence-corrected chi connectivity index (χ0v) is 11.0. The van der Waals surface area contributed by atoms with E-state index in [0.717, 1.165) is 25.8 Å². The van der Waals surface area contributed by atoms with Gasteiger partial charge in [0.25, 0.3) is 0 Å². The van der Waals surface area contributed by atoms with E-state index < -0.39 is 0 Å². The molecular formula is C12H24N4O. The van der Waals surface area contributed by atoms with Crippen LogP contribution in [0.1, 0.15) is 32.3 Å². The molecule has 1 aromatic heterocycles. The second-order valence-electron chi connectivity index (χ2n) is 4.24. The molecule has 0 spiro atoms. The lowest BCUT2D eigenvalue weighted by Gasteiger charge is -2.24. The average Bonchev–Trinajstić information content (AvgIpc) is 2.81. The van der Waals surface area contributed by atoms with Crippen molar-refractivity contribution in [2.45, 2.75) is 51.8 Å². The number of hydrazine groups is 1. The second kappa shape index (κ2) is 7.42. The Bertz CT molecular complexity index is 313. The fourth-order valence-electron chi connectivity index (χ4n) is 2.00. The average molecular weight is 240 g/mol. The lowest BCUT2D eigenvalue weighted by molar-refractivity contribution is 0.0609. The van der Waals surface area contributed by atoms with Crippen LogP contribution in [0.5, 0.6) is 0 Å². The molecule has 5 heteroatoms. The summed E-state index contributed by atoms with van der Waals surface area (Å²) in [6, 6.07) is 0.134. The van der Waals surface area contributed by atoms with Crippen molar-refractivity contribution in [2.75, 3.05) is 7.11 Å². The first kappa shape index (κ1) is 14.2. The quantitative estimate of drug-likeness (QED) is 0.527. The number of hydrogen-bond donors (Lipinski definition) is 2. The van der Waals surface area contributed by atoms with E-state index in [0.29, 0.717) is 0 Å². The molecule has 2 atom stereocenters. The van der Waals surface area contributed by atoms with Gasteiger partial charge in [-0.05, 0) is 25.3 Å². The highest BCUT2D eigenvalue weighted by Gasteiger charge is 2.20. The number of hydrogen-bond acceptors (Lipinski definition) is 4. The van der Waals surface area contributed by atoms with Gasteiger partial charge in [-0.25, -0.2) is 0 Å². The fraction of sp³-hybridized carbons (Fsp3) is 0.750. The first-order chi connectivity index (χ1) is 8.24. The molecular weight excluding hydrogens is 216 g/mol. The summed E-state index contributed by atoms with van der Waals surface area (Å²) in [7, 11) is 1.74. The highest BCUT2D eigenvalue weighted by atomic mass is 16.5. The van der Waals surface area contributed by atoms with Gasteiger partial charge in [-0.2, -0.15) is 5.10 Å². The van der Waals surface area contributed by atoms with E-state index in [1.54, 1.807) is 7.11 Å². The van der Waals surface area contributed by atoms with Crippen molar-refractivity contribution in [2.24, 2.45) is 5.84 Å². The number of ether oxygens (including phenoxy) is 1. The minimum atomic E-state index is 0.134. The van der Waals surface area contributed by atoms with Crippen molar-refractivity contribution in [3.63, 3.8) is 0 Å². The third-order valence-corrected chi connectivity index (χ3v) is 3.01. The molecule has 2 unspecified atom stereocenters. The van der Waals surface area contributed by atoms with Crippen LogP contribution in [0.25, 0.3) is 0 Å². The van der Waals surface area contributed by atoms with Crippen LogP contribution in [0.4, 0.5) is 0 Å². The van der Waals surface area contributed by atoms with Crippen LogP contribution >= 0.6 is 0 Å². The lowest BCUT2D eigenvalue weighted by atomic mass is 10.0. The molecule has 0 radical (unpaired) electrons. The zero-order valence-electron chi connectivity index (χ0n) is 11.0. The summed E-state index contributed by atoms with van der Waals surface area (Å²) >= 11 is 0. The van der Waals surface area contributed by atoms with Crippen molar-refractivity contribution in [3.05, 3.63) is 18.0 Å². The van der Waals surface area contributed by atoms with E-state index >= 15 is 0 Å². The molecule has 1 heterocycles. The van der Waals surface area contributed by atoms with Crippen molar-refractivity contribution in [1.82, 2.24) is 15.2 Å². The Hall–Kier alpha value is -0.910. The first-order valence-corrected chi connectivity index (χ1v) is 6.25. The molecule has 1 aromatic rings. The number of nitrogens with one attached hydrogen (secondary N) is 1. The Labute approximate surface area is 103 Å². The molecule has 0 saturated carbocycles. The minimum absolute atomic E-state index is 0.134. The maximum absolute atomic E-state index is 5.61. The monoisotopic (exact) mass is 240 g/mol. The van der Waals surface area contributed by atoms with Crippen LogP contribution in [-0.2, 0) is 17.7 Å². The number of rotatable bonds is 8. The van der Waals surface area contributed by atoms with Gasteiger partial charge in [0.2, 0.25) is 0 Å². The molecule has 0 fully saturated rings. The molecule has 0 aliphatic carbocycles. The van der Waals surface area contributed by atoms with Crippen LogP contribution in [0.3, 0.4) is 0 Å². The third-order valence-electron chi connectivity index (χ3n) is 3.01. The zero-order chi connectivity index (χ0) is 12.7. The lowest BCUT2D eigenvalue weighted by Crippen LogP contribution is -2.46. The molecule has 0 amide bonds. The number of nitrogens with two attached hydrogens (primary N) is 1. The standard InChI is InChI=1S/C12H24N4O/c1-4-6-12(17-3)11(15-13)7-10-8-14-16(5-2)9-10/h8-9,11-12,15H,4-7,13H2,1-3H3. The van der Waals surface area contributed by atoms with E-state index in [1.807, 2.05) is 10.9 Å². The molecule has 98 valence electrons. The fourth-order valence-corrected chi connectivity index (χ4v) is 2.00. The molecule has 1 rings (SSSR count). The molecule has 0 aliphatic heterocycles. The van der Waals surface area contributed by atoms with Crippen LogP contribution in [-0.4, -0.2) is 29.0 Å². The summed E-state index contributed by atoms with van der Waals surface area (Å²) < 4.78 is 7.40. The molecule has 0 aliphatic rings. The number of nitrogens with zero attached hydrogens (tertiary/aromatic N) is 2. The Morgan fingerprint density at radius 2 is 2.29 bits per heavy atom. The van der Waals surface area contributed by atoms with Gasteiger partial charge >= 0.3 is 0 Å². The summed E-state index contributed by atoms with van der Waals surface area (Å²) in [5.41, 5.74) is 4.04. The van der Waals surface area contributed by atoms with Gasteiger partial charge in [0, 0.05) is 19.9 Å². The Morgan fingerprint density at radius 3 is 2.76 bits per heavy atom. The topological polar surface area (TPSA) is 65.1 Å². The Kier molecular flexibility index (Phi) is 6.18. The van der Waals surface area contributed by atoms with Gasteiger partial charge < -0.3 is 4.74 Å².